The number of aliphatic hydroxyl groups is 1. The Balaban J connectivity index is 2.69. The summed E-state index contributed by atoms with van der Waals surface area (Å²) in [5.74, 6) is 0.117. The summed E-state index contributed by atoms with van der Waals surface area (Å²) in [6, 6.07) is 0. The molecule has 1 heterocycles. The maximum absolute atomic E-state index is 8.91. The fourth-order valence-corrected chi connectivity index (χ4v) is 0.648. The van der Waals surface area contributed by atoms with Gasteiger partial charge >= 0.3 is 0 Å². The van der Waals surface area contributed by atoms with Crippen molar-refractivity contribution in [1.29, 1.82) is 0 Å². The van der Waals surface area contributed by atoms with Crippen LogP contribution < -0.4 is 11.2 Å². The quantitative estimate of drug-likeness (QED) is 0.431. The molecule has 0 saturated carbocycles. The summed E-state index contributed by atoms with van der Waals surface area (Å²) in [5.41, 5.74) is 7.93. The molecule has 0 amide bonds. The summed E-state index contributed by atoms with van der Waals surface area (Å²) in [6.07, 6.45) is 4.42. The number of nitrogens with zero attached hydrogens (tertiary/aromatic N) is 1. The fraction of sp³-hybridized carbons (Fsp3) is 0. The van der Waals surface area contributed by atoms with Crippen molar-refractivity contribution in [2.75, 3.05) is 0 Å². The highest BCUT2D eigenvalue weighted by atomic mass is 32.1. The maximum atomic E-state index is 8.91. The minimum atomic E-state index is 0.117. The summed E-state index contributed by atoms with van der Waals surface area (Å²) in [5, 5.41) is 10.4. The third-order valence-electron chi connectivity index (χ3n) is 0.967. The van der Waals surface area contributed by atoms with Crippen molar-refractivity contribution < 1.29 is 5.11 Å². The molecule has 0 atom stereocenters. The first kappa shape index (κ1) is 6.88. The smallest absolute Gasteiger partial charge is 0.189 e. The number of hydrogen-bond acceptors (Lipinski definition) is 3. The maximum Gasteiger partial charge on any atom is 0.189 e. The Morgan fingerprint density at radius 3 is 2.90 bits per heavy atom. The Morgan fingerprint density at radius 1 is 1.80 bits per heavy atom. The zero-order chi connectivity index (χ0) is 7.56. The van der Waals surface area contributed by atoms with E-state index in [0.717, 1.165) is 0 Å². The number of rotatable bonds is 0. The average Bonchev–Trinajstić information content (AvgIpc) is 1.88. The predicted octanol–water partition coefficient (Wildman–Crippen LogP) is -0.0367. The molecule has 54 valence electrons. The molecule has 1 aliphatic heterocycles. The molecular formula is C5H7N3OS. The molecule has 0 aliphatic carbocycles. The molecule has 0 saturated heterocycles. The second-order valence-corrected chi connectivity index (χ2v) is 2.14. The first-order chi connectivity index (χ1) is 4.70. The molecule has 4 nitrogen and oxygen atoms in total. The van der Waals surface area contributed by atoms with Gasteiger partial charge in [-0.05, 0) is 18.3 Å². The first-order valence-electron chi connectivity index (χ1n) is 2.62. The molecule has 0 aromatic carbocycles. The van der Waals surface area contributed by atoms with Gasteiger partial charge < -0.3 is 10.8 Å². The molecule has 5 heteroatoms. The number of aliphatic hydroxyl groups excluding tert-OH is 1. The topological polar surface area (TPSA) is 61.5 Å². The van der Waals surface area contributed by atoms with Gasteiger partial charge in [0.05, 0.1) is 6.20 Å². The van der Waals surface area contributed by atoms with Crippen LogP contribution in [0, 0.1) is 0 Å². The molecule has 0 radical (unpaired) electrons. The first-order valence-corrected chi connectivity index (χ1v) is 3.03. The van der Waals surface area contributed by atoms with Gasteiger partial charge in [-0.1, -0.05) is 0 Å². The highest BCUT2D eigenvalue weighted by Gasteiger charge is 2.03. The lowest BCUT2D eigenvalue weighted by atomic mass is 10.5. The van der Waals surface area contributed by atoms with Crippen LogP contribution in [-0.2, 0) is 0 Å². The fourth-order valence-electron chi connectivity index (χ4n) is 0.543. The third kappa shape index (κ3) is 1.38. The summed E-state index contributed by atoms with van der Waals surface area (Å²) in [7, 11) is 0. The molecule has 4 N–H and O–H groups in total. The van der Waals surface area contributed by atoms with Crippen molar-refractivity contribution in [3.63, 3.8) is 0 Å². The average molecular weight is 157 g/mol. The van der Waals surface area contributed by atoms with Crippen LogP contribution in [0.15, 0.2) is 24.2 Å². The van der Waals surface area contributed by atoms with Gasteiger partial charge in [0.1, 0.15) is 5.76 Å². The van der Waals surface area contributed by atoms with Crippen LogP contribution in [0.5, 0.6) is 0 Å². The highest BCUT2D eigenvalue weighted by Crippen LogP contribution is 1.98. The number of thiocarbonyl (C=S) groups is 1. The summed E-state index contributed by atoms with van der Waals surface area (Å²) in [4.78, 5) is 0. The lowest BCUT2D eigenvalue weighted by Crippen LogP contribution is -2.40. The van der Waals surface area contributed by atoms with E-state index in [4.69, 9.17) is 10.8 Å². The lowest BCUT2D eigenvalue weighted by Gasteiger charge is -2.20. The van der Waals surface area contributed by atoms with E-state index in [1.807, 2.05) is 0 Å². The SMILES string of the molecule is NC(=S)N1C=C(O)C=CN1. The van der Waals surface area contributed by atoms with Gasteiger partial charge in [-0.15, -0.1) is 0 Å². The molecule has 0 spiro atoms. The molecule has 0 aromatic rings. The van der Waals surface area contributed by atoms with Crippen LogP contribution in [-0.4, -0.2) is 15.2 Å². The molecule has 0 bridgehead atoms. The Bertz CT molecular complexity index is 211. The predicted molar refractivity (Wildman–Crippen MR) is 41.6 cm³/mol. The second-order valence-electron chi connectivity index (χ2n) is 1.72. The number of allylic oxidation sites excluding steroid dienone is 1. The van der Waals surface area contributed by atoms with Gasteiger partial charge in [-0.2, -0.15) is 0 Å². The Labute approximate surface area is 63.6 Å². The highest BCUT2D eigenvalue weighted by molar-refractivity contribution is 7.80. The van der Waals surface area contributed by atoms with E-state index in [1.165, 1.54) is 23.5 Å². The molecule has 1 aliphatic rings. The minimum Gasteiger partial charge on any atom is -0.506 e. The Hall–Kier alpha value is -1.23. The van der Waals surface area contributed by atoms with E-state index in [0.29, 0.717) is 0 Å². The van der Waals surface area contributed by atoms with E-state index in [-0.39, 0.29) is 10.9 Å². The summed E-state index contributed by atoms with van der Waals surface area (Å²) >= 11 is 4.62. The van der Waals surface area contributed by atoms with E-state index >= 15 is 0 Å². The second kappa shape index (κ2) is 2.57. The van der Waals surface area contributed by atoms with E-state index in [1.54, 1.807) is 0 Å². The normalized spacial score (nSPS) is 16.0. The van der Waals surface area contributed by atoms with Crippen molar-refractivity contribution in [1.82, 2.24) is 10.4 Å². The van der Waals surface area contributed by atoms with Gasteiger partial charge in [-0.25, -0.2) is 5.01 Å². The van der Waals surface area contributed by atoms with Crippen LogP contribution in [0.4, 0.5) is 0 Å². The number of nitrogens with one attached hydrogen (secondary N) is 1. The van der Waals surface area contributed by atoms with Crippen molar-refractivity contribution in [2.24, 2.45) is 5.73 Å². The van der Waals surface area contributed by atoms with E-state index in [2.05, 4.69) is 17.6 Å². The summed E-state index contributed by atoms with van der Waals surface area (Å²) in [6.45, 7) is 0. The van der Waals surface area contributed by atoms with Crippen molar-refractivity contribution >= 4 is 17.3 Å². The number of nitrogens with two attached hydrogens (primary N) is 1. The Morgan fingerprint density at radius 2 is 2.50 bits per heavy atom. The van der Waals surface area contributed by atoms with Crippen molar-refractivity contribution in [2.45, 2.75) is 0 Å². The largest absolute Gasteiger partial charge is 0.506 e. The minimum absolute atomic E-state index is 0.117. The van der Waals surface area contributed by atoms with Gasteiger partial charge in [-0.3, -0.25) is 5.43 Å². The van der Waals surface area contributed by atoms with Gasteiger partial charge in [0.2, 0.25) is 0 Å². The van der Waals surface area contributed by atoms with E-state index in [9.17, 15) is 0 Å². The lowest BCUT2D eigenvalue weighted by molar-refractivity contribution is 0.381. The zero-order valence-corrected chi connectivity index (χ0v) is 5.93. The molecule has 1 rings (SSSR count). The van der Waals surface area contributed by atoms with E-state index < -0.39 is 0 Å². The van der Waals surface area contributed by atoms with Crippen LogP contribution >= 0.6 is 12.2 Å². The van der Waals surface area contributed by atoms with Gasteiger partial charge in [0.25, 0.3) is 0 Å². The Kier molecular flexibility index (Phi) is 1.77. The van der Waals surface area contributed by atoms with Gasteiger partial charge in [0.15, 0.2) is 5.11 Å². The van der Waals surface area contributed by atoms with Crippen LogP contribution in [0.25, 0.3) is 0 Å². The zero-order valence-electron chi connectivity index (χ0n) is 5.11. The van der Waals surface area contributed by atoms with Crippen LogP contribution in [0.3, 0.4) is 0 Å². The molecule has 0 aromatic heterocycles. The van der Waals surface area contributed by atoms with Crippen molar-refractivity contribution in [3.05, 3.63) is 24.2 Å². The summed E-state index contributed by atoms with van der Waals surface area (Å²) < 4.78 is 0. The van der Waals surface area contributed by atoms with Crippen LogP contribution in [0.2, 0.25) is 0 Å². The molecule has 10 heavy (non-hydrogen) atoms. The standard InChI is InChI=1S/C5H7N3OS/c6-5(10)8-3-4(9)1-2-7-8/h1-3,7,9H,(H2,6,10). The number of hydrogen-bond donors (Lipinski definition) is 3. The number of hydrazine groups is 1. The third-order valence-corrected chi connectivity index (χ3v) is 1.16. The monoisotopic (exact) mass is 157 g/mol. The molecular weight excluding hydrogens is 150 g/mol. The van der Waals surface area contributed by atoms with Gasteiger partial charge in [0, 0.05) is 6.20 Å². The molecule has 0 fully saturated rings. The molecule has 0 unspecified atom stereocenters. The van der Waals surface area contributed by atoms with Crippen molar-refractivity contribution in [3.8, 4) is 0 Å². The van der Waals surface area contributed by atoms with Crippen LogP contribution in [0.1, 0.15) is 0 Å².